The zero-order valence-corrected chi connectivity index (χ0v) is 10.2. The Hall–Kier alpha value is -1.32. The topological polar surface area (TPSA) is 38.0 Å². The summed E-state index contributed by atoms with van der Waals surface area (Å²) in [5.41, 5.74) is 6.29. The molecule has 1 unspecified atom stereocenters. The maximum absolute atomic E-state index is 13.6. The second-order valence-corrected chi connectivity index (χ2v) is 5.57. The minimum atomic E-state index is -0.880. The smallest absolute Gasteiger partial charge is 0.183 e. The van der Waals surface area contributed by atoms with Crippen molar-refractivity contribution in [3.05, 3.63) is 23.8 Å². The van der Waals surface area contributed by atoms with E-state index in [9.17, 15) is 8.78 Å². The van der Waals surface area contributed by atoms with Gasteiger partial charge < -0.3 is 11.1 Å². The van der Waals surface area contributed by atoms with Crippen LogP contribution in [0, 0.1) is 17.0 Å². The van der Waals surface area contributed by atoms with Crippen LogP contribution < -0.4 is 11.1 Å². The normalized spacial score (nSPS) is 22.7. The molecule has 3 N–H and O–H groups in total. The Morgan fingerprint density at radius 1 is 1.35 bits per heavy atom. The highest BCUT2D eigenvalue weighted by Gasteiger charge is 2.31. The zero-order valence-electron chi connectivity index (χ0n) is 10.2. The van der Waals surface area contributed by atoms with Crippen LogP contribution in [0.15, 0.2) is 12.1 Å². The molecule has 1 fully saturated rings. The van der Waals surface area contributed by atoms with Gasteiger partial charge in [0.25, 0.3) is 0 Å². The predicted molar refractivity (Wildman–Crippen MR) is 65.8 cm³/mol. The first-order chi connectivity index (χ1) is 7.89. The molecule has 0 spiro atoms. The molecular weight excluding hydrogens is 222 g/mol. The van der Waals surface area contributed by atoms with E-state index in [-0.39, 0.29) is 22.8 Å². The summed E-state index contributed by atoms with van der Waals surface area (Å²) in [4.78, 5) is 0. The van der Waals surface area contributed by atoms with Gasteiger partial charge in [0.05, 0.1) is 11.4 Å². The highest BCUT2D eigenvalue weighted by atomic mass is 19.2. The number of hydrogen-bond acceptors (Lipinski definition) is 2. The molecule has 0 aliphatic heterocycles. The molecule has 0 heterocycles. The number of anilines is 2. The molecule has 1 aliphatic rings. The second kappa shape index (κ2) is 4.17. The lowest BCUT2D eigenvalue weighted by molar-refractivity contribution is 0.378. The number of hydrogen-bond donors (Lipinski definition) is 2. The predicted octanol–water partition coefficient (Wildman–Crippen LogP) is 3.54. The summed E-state index contributed by atoms with van der Waals surface area (Å²) in [6.45, 7) is 4.36. The van der Waals surface area contributed by atoms with Gasteiger partial charge in [-0.05, 0) is 36.8 Å². The van der Waals surface area contributed by atoms with Gasteiger partial charge in [0.2, 0.25) is 0 Å². The van der Waals surface area contributed by atoms with Gasteiger partial charge in [-0.1, -0.05) is 13.8 Å². The second-order valence-electron chi connectivity index (χ2n) is 5.57. The van der Waals surface area contributed by atoms with E-state index in [1.807, 2.05) is 0 Å². The maximum atomic E-state index is 13.6. The molecule has 1 aliphatic carbocycles. The van der Waals surface area contributed by atoms with Gasteiger partial charge in [0.1, 0.15) is 0 Å². The van der Waals surface area contributed by atoms with Crippen LogP contribution in [0.25, 0.3) is 0 Å². The Kier molecular flexibility index (Phi) is 2.98. The third-order valence-corrected chi connectivity index (χ3v) is 3.44. The monoisotopic (exact) mass is 240 g/mol. The Bertz CT molecular complexity index is 430. The SMILES string of the molecule is CC1(C)CCC(Nc2c(N)ccc(F)c2F)C1. The maximum Gasteiger partial charge on any atom is 0.183 e. The molecule has 4 heteroatoms. The standard InChI is InChI=1S/C13H18F2N2/c1-13(2)6-5-8(7-13)17-12-10(16)4-3-9(14)11(12)15/h3-4,8,17H,5-7,16H2,1-2H3. The zero-order chi connectivity index (χ0) is 12.6. The van der Waals surface area contributed by atoms with Crippen LogP contribution in [0.3, 0.4) is 0 Å². The van der Waals surface area contributed by atoms with Crippen LogP contribution in [0.2, 0.25) is 0 Å². The molecule has 0 radical (unpaired) electrons. The summed E-state index contributed by atoms with van der Waals surface area (Å²) in [5.74, 6) is -1.74. The molecule has 0 aromatic heterocycles. The van der Waals surface area contributed by atoms with Crippen molar-refractivity contribution in [1.29, 1.82) is 0 Å². The number of nitrogens with two attached hydrogens (primary N) is 1. The minimum Gasteiger partial charge on any atom is -0.397 e. The van der Waals surface area contributed by atoms with Crippen molar-refractivity contribution in [3.8, 4) is 0 Å². The van der Waals surface area contributed by atoms with Gasteiger partial charge in [-0.3, -0.25) is 0 Å². The molecule has 2 rings (SSSR count). The average Bonchev–Trinajstić information content (AvgIpc) is 2.59. The van der Waals surface area contributed by atoms with Crippen LogP contribution in [0.4, 0.5) is 20.2 Å². The first-order valence-corrected chi connectivity index (χ1v) is 5.89. The summed E-state index contributed by atoms with van der Waals surface area (Å²) in [7, 11) is 0. The van der Waals surface area contributed by atoms with Crippen molar-refractivity contribution in [2.75, 3.05) is 11.1 Å². The number of halogens is 2. The third-order valence-electron chi connectivity index (χ3n) is 3.44. The van der Waals surface area contributed by atoms with Gasteiger partial charge in [-0.15, -0.1) is 0 Å². The summed E-state index contributed by atoms with van der Waals surface area (Å²) >= 11 is 0. The highest BCUT2D eigenvalue weighted by Crippen LogP contribution is 2.39. The molecular formula is C13H18F2N2. The molecule has 0 saturated heterocycles. The first-order valence-electron chi connectivity index (χ1n) is 5.89. The van der Waals surface area contributed by atoms with E-state index in [2.05, 4.69) is 19.2 Å². The number of nitrogens with one attached hydrogen (secondary N) is 1. The van der Waals surface area contributed by atoms with Crippen LogP contribution in [-0.4, -0.2) is 6.04 Å². The van der Waals surface area contributed by atoms with E-state index in [4.69, 9.17) is 5.73 Å². The number of rotatable bonds is 2. The first kappa shape index (κ1) is 12.1. The lowest BCUT2D eigenvalue weighted by Gasteiger charge is -2.19. The highest BCUT2D eigenvalue weighted by molar-refractivity contribution is 5.67. The molecule has 0 bridgehead atoms. The van der Waals surface area contributed by atoms with E-state index in [1.165, 1.54) is 6.07 Å². The fraction of sp³-hybridized carbons (Fsp3) is 0.538. The Morgan fingerprint density at radius 2 is 2.06 bits per heavy atom. The number of nitrogen functional groups attached to an aromatic ring is 1. The molecule has 2 nitrogen and oxygen atoms in total. The molecule has 1 atom stereocenters. The molecule has 1 aromatic carbocycles. The van der Waals surface area contributed by atoms with Crippen molar-refractivity contribution in [2.24, 2.45) is 5.41 Å². The molecule has 94 valence electrons. The Morgan fingerprint density at radius 3 is 2.65 bits per heavy atom. The summed E-state index contributed by atoms with van der Waals surface area (Å²) < 4.78 is 26.7. The fourth-order valence-electron chi connectivity index (χ4n) is 2.48. The summed E-state index contributed by atoms with van der Waals surface area (Å²) in [6, 6.07) is 2.61. The molecule has 0 amide bonds. The van der Waals surface area contributed by atoms with Crippen LogP contribution in [0.5, 0.6) is 0 Å². The Labute approximate surface area is 100 Å². The van der Waals surface area contributed by atoms with Crippen LogP contribution >= 0.6 is 0 Å². The van der Waals surface area contributed by atoms with E-state index in [0.717, 1.165) is 25.3 Å². The average molecular weight is 240 g/mol. The lowest BCUT2D eigenvalue weighted by Crippen LogP contribution is -2.19. The molecule has 1 aromatic rings. The Balaban J connectivity index is 2.17. The van der Waals surface area contributed by atoms with Gasteiger partial charge in [0.15, 0.2) is 11.6 Å². The number of benzene rings is 1. The van der Waals surface area contributed by atoms with E-state index in [1.54, 1.807) is 0 Å². The van der Waals surface area contributed by atoms with Crippen molar-refractivity contribution in [2.45, 2.75) is 39.2 Å². The quantitative estimate of drug-likeness (QED) is 0.776. The van der Waals surface area contributed by atoms with Crippen molar-refractivity contribution in [1.82, 2.24) is 0 Å². The third kappa shape index (κ3) is 2.51. The molecule has 1 saturated carbocycles. The minimum absolute atomic E-state index is 0.104. The van der Waals surface area contributed by atoms with E-state index in [0.29, 0.717) is 0 Å². The van der Waals surface area contributed by atoms with Gasteiger partial charge >= 0.3 is 0 Å². The van der Waals surface area contributed by atoms with E-state index >= 15 is 0 Å². The van der Waals surface area contributed by atoms with Crippen LogP contribution in [-0.2, 0) is 0 Å². The van der Waals surface area contributed by atoms with Gasteiger partial charge in [-0.2, -0.15) is 0 Å². The largest absolute Gasteiger partial charge is 0.397 e. The summed E-state index contributed by atoms with van der Waals surface area (Å²) in [6.07, 6.45) is 2.99. The van der Waals surface area contributed by atoms with Crippen molar-refractivity contribution >= 4 is 11.4 Å². The van der Waals surface area contributed by atoms with Crippen molar-refractivity contribution in [3.63, 3.8) is 0 Å². The van der Waals surface area contributed by atoms with Gasteiger partial charge in [-0.25, -0.2) is 8.78 Å². The van der Waals surface area contributed by atoms with Gasteiger partial charge in [0, 0.05) is 6.04 Å². The molecule has 17 heavy (non-hydrogen) atoms. The summed E-state index contributed by atoms with van der Waals surface area (Å²) in [5, 5.41) is 3.03. The fourth-order valence-corrected chi connectivity index (χ4v) is 2.48. The van der Waals surface area contributed by atoms with E-state index < -0.39 is 11.6 Å². The van der Waals surface area contributed by atoms with Crippen LogP contribution in [0.1, 0.15) is 33.1 Å². The van der Waals surface area contributed by atoms with Crippen molar-refractivity contribution < 1.29 is 8.78 Å². The lowest BCUT2D eigenvalue weighted by atomic mass is 9.92.